The van der Waals surface area contributed by atoms with Crippen LogP contribution in [0, 0.1) is 11.8 Å². The molecule has 31 heavy (non-hydrogen) atoms. The number of fused-ring (bicyclic) bond motifs is 1. The maximum Gasteiger partial charge on any atom is 0.269 e. The van der Waals surface area contributed by atoms with Crippen molar-refractivity contribution in [2.45, 2.75) is 47.6 Å². The predicted octanol–water partition coefficient (Wildman–Crippen LogP) is 6.18. The van der Waals surface area contributed by atoms with Gasteiger partial charge in [-0.05, 0) is 42.0 Å². The number of rotatable bonds is 5. The number of aliphatic hydroxyl groups excluding tert-OH is 1. The first kappa shape index (κ1) is 27.0. The molecule has 0 aliphatic heterocycles. The first-order chi connectivity index (χ1) is 14.6. The molecule has 5 nitrogen and oxygen atoms in total. The molecule has 3 aromatic rings. The normalized spacial score (nSPS) is 10.5. The van der Waals surface area contributed by atoms with E-state index in [2.05, 4.69) is 39.7 Å². The molecule has 1 aromatic heterocycles. The second kappa shape index (κ2) is 13.4. The van der Waals surface area contributed by atoms with E-state index in [1.54, 1.807) is 16.8 Å². The van der Waals surface area contributed by atoms with E-state index >= 15 is 0 Å². The molecule has 0 bridgehead atoms. The van der Waals surface area contributed by atoms with Crippen LogP contribution in [0.3, 0.4) is 0 Å². The molecule has 3 rings (SSSR count). The Morgan fingerprint density at radius 2 is 1.71 bits per heavy atom. The molecular weight excluding hydrogens is 433 g/mol. The molecule has 0 aliphatic rings. The quantitative estimate of drug-likeness (QED) is 0.471. The Morgan fingerprint density at radius 1 is 1.10 bits per heavy atom. The topological polar surface area (TPSA) is 81.1 Å². The summed E-state index contributed by atoms with van der Waals surface area (Å²) in [5.41, 5.74) is 7.33. The van der Waals surface area contributed by atoms with Crippen molar-refractivity contribution in [2.24, 2.45) is 17.6 Å². The number of carbonyl (C=O) groups excluding carboxylic acids is 1. The number of hydrogen-bond donors (Lipinski definition) is 2. The van der Waals surface area contributed by atoms with Gasteiger partial charge in [0.25, 0.3) is 5.91 Å². The number of hydrogen-bond acceptors (Lipinski definition) is 3. The van der Waals surface area contributed by atoms with Gasteiger partial charge in [-0.3, -0.25) is 9.48 Å². The summed E-state index contributed by atoms with van der Waals surface area (Å²) in [5.74, 6) is 0.933. The molecule has 3 N–H and O–H groups in total. The summed E-state index contributed by atoms with van der Waals surface area (Å²) >= 11 is 12.1. The highest BCUT2D eigenvalue weighted by atomic mass is 35.5. The minimum absolute atomic E-state index is 0.260. The standard InChI is InChI=1S/C15H11Cl2N3O.C5H12O.C4H10/c16-10-6-5-9(12(17)7-10)8-20-13-4-2-1-3-11(13)14(19-20)15(18)21;1-5(2)3-4-6;1-4(2)3/h1-7H,8H2,(H2,18,21);5-6H,3-4H2,1-2H3;4H,1-3H3. The van der Waals surface area contributed by atoms with Gasteiger partial charge in [-0.25, -0.2) is 0 Å². The summed E-state index contributed by atoms with van der Waals surface area (Å²) in [5, 5.41) is 14.4. The fourth-order valence-corrected chi connectivity index (χ4v) is 2.97. The molecule has 1 amide bonds. The Kier molecular flexibility index (Phi) is 11.6. The highest BCUT2D eigenvalue weighted by Gasteiger charge is 2.15. The van der Waals surface area contributed by atoms with Crippen LogP contribution in [-0.4, -0.2) is 27.4 Å². The molecule has 0 aliphatic carbocycles. The summed E-state index contributed by atoms with van der Waals surface area (Å²) in [6.45, 7) is 11.5. The lowest BCUT2D eigenvalue weighted by atomic mass is 10.2. The first-order valence-corrected chi connectivity index (χ1v) is 11.1. The van der Waals surface area contributed by atoms with Crippen molar-refractivity contribution in [1.82, 2.24) is 9.78 Å². The molecule has 170 valence electrons. The first-order valence-electron chi connectivity index (χ1n) is 10.4. The number of benzene rings is 2. The molecule has 0 atom stereocenters. The highest BCUT2D eigenvalue weighted by molar-refractivity contribution is 6.35. The zero-order valence-electron chi connectivity index (χ0n) is 18.9. The zero-order valence-corrected chi connectivity index (χ0v) is 20.4. The van der Waals surface area contributed by atoms with E-state index in [1.165, 1.54) is 0 Å². The molecule has 0 saturated carbocycles. The van der Waals surface area contributed by atoms with E-state index in [0.29, 0.717) is 29.1 Å². The lowest BCUT2D eigenvalue weighted by molar-refractivity contribution is 0.0996. The van der Waals surface area contributed by atoms with E-state index in [1.807, 2.05) is 30.3 Å². The monoisotopic (exact) mass is 465 g/mol. The molecule has 0 radical (unpaired) electrons. The van der Waals surface area contributed by atoms with E-state index in [-0.39, 0.29) is 5.69 Å². The van der Waals surface area contributed by atoms with Gasteiger partial charge in [-0.15, -0.1) is 0 Å². The third kappa shape index (κ3) is 9.30. The maximum absolute atomic E-state index is 11.5. The number of aromatic nitrogens is 2. The average molecular weight is 466 g/mol. The third-order valence-electron chi connectivity index (χ3n) is 3.93. The van der Waals surface area contributed by atoms with Crippen LogP contribution in [0.4, 0.5) is 0 Å². The fraction of sp³-hybridized carbons (Fsp3) is 0.417. The Bertz CT molecular complexity index is 966. The van der Waals surface area contributed by atoms with Gasteiger partial charge in [0.05, 0.1) is 12.1 Å². The van der Waals surface area contributed by atoms with Crippen LogP contribution in [0.1, 0.15) is 57.1 Å². The zero-order chi connectivity index (χ0) is 23.6. The van der Waals surface area contributed by atoms with Gasteiger partial charge < -0.3 is 10.8 Å². The van der Waals surface area contributed by atoms with E-state index in [4.69, 9.17) is 34.0 Å². The predicted molar refractivity (Wildman–Crippen MR) is 131 cm³/mol. The van der Waals surface area contributed by atoms with Crippen molar-refractivity contribution in [3.63, 3.8) is 0 Å². The molecule has 7 heteroatoms. The smallest absolute Gasteiger partial charge is 0.269 e. The molecule has 1 heterocycles. The molecule has 2 aromatic carbocycles. The summed E-state index contributed by atoms with van der Waals surface area (Å²) in [7, 11) is 0. The number of amides is 1. The van der Waals surface area contributed by atoms with Crippen molar-refractivity contribution in [3.8, 4) is 0 Å². The van der Waals surface area contributed by atoms with Gasteiger partial charge in [0.1, 0.15) is 0 Å². The maximum atomic E-state index is 11.5. The SMILES string of the molecule is CC(C)C.CC(C)CCO.NC(=O)c1nn(Cc2ccc(Cl)cc2Cl)c2ccccc12. The Hall–Kier alpha value is -2.08. The second-order valence-electron chi connectivity index (χ2n) is 8.26. The van der Waals surface area contributed by atoms with Crippen LogP contribution in [0.2, 0.25) is 10.0 Å². The Labute approximate surface area is 195 Å². The number of nitrogens with zero attached hydrogens (tertiary/aromatic N) is 2. The summed E-state index contributed by atoms with van der Waals surface area (Å²) in [4.78, 5) is 11.5. The number of carbonyl (C=O) groups is 1. The van der Waals surface area contributed by atoms with E-state index in [0.717, 1.165) is 28.8 Å². The third-order valence-corrected chi connectivity index (χ3v) is 4.52. The largest absolute Gasteiger partial charge is 0.396 e. The van der Waals surface area contributed by atoms with E-state index < -0.39 is 5.91 Å². The highest BCUT2D eigenvalue weighted by Crippen LogP contribution is 2.24. The number of halogens is 2. The van der Waals surface area contributed by atoms with Gasteiger partial charge in [0.15, 0.2) is 5.69 Å². The van der Waals surface area contributed by atoms with E-state index in [9.17, 15) is 4.79 Å². The van der Waals surface area contributed by atoms with Crippen molar-refractivity contribution in [2.75, 3.05) is 6.61 Å². The van der Waals surface area contributed by atoms with Crippen molar-refractivity contribution in [1.29, 1.82) is 0 Å². The van der Waals surface area contributed by atoms with Crippen molar-refractivity contribution in [3.05, 3.63) is 63.8 Å². The van der Waals surface area contributed by atoms with Gasteiger partial charge in [-0.1, -0.05) is 82.1 Å². The summed E-state index contributed by atoms with van der Waals surface area (Å²) in [6, 6.07) is 12.7. The van der Waals surface area contributed by atoms with Crippen LogP contribution < -0.4 is 5.73 Å². The van der Waals surface area contributed by atoms with Crippen molar-refractivity contribution < 1.29 is 9.90 Å². The lowest BCUT2D eigenvalue weighted by Crippen LogP contribution is -2.13. The molecular formula is C24H33Cl2N3O2. The van der Waals surface area contributed by atoms with Crippen LogP contribution >= 0.6 is 23.2 Å². The molecule has 0 spiro atoms. The van der Waals surface area contributed by atoms with Gasteiger partial charge in [0, 0.05) is 22.0 Å². The Morgan fingerprint density at radius 3 is 2.19 bits per heavy atom. The number of nitrogens with two attached hydrogens (primary N) is 1. The van der Waals surface area contributed by atoms with Crippen molar-refractivity contribution >= 4 is 40.0 Å². The second-order valence-corrected chi connectivity index (χ2v) is 9.11. The minimum Gasteiger partial charge on any atom is -0.396 e. The molecule has 0 unspecified atom stereocenters. The van der Waals surface area contributed by atoms with Crippen LogP contribution in [0.25, 0.3) is 10.9 Å². The number of aliphatic hydroxyl groups is 1. The van der Waals surface area contributed by atoms with Gasteiger partial charge >= 0.3 is 0 Å². The molecule has 0 saturated heterocycles. The number of primary amides is 1. The van der Waals surface area contributed by atoms with Crippen LogP contribution in [-0.2, 0) is 6.54 Å². The van der Waals surface area contributed by atoms with Crippen LogP contribution in [0.5, 0.6) is 0 Å². The lowest BCUT2D eigenvalue weighted by Gasteiger charge is -2.06. The van der Waals surface area contributed by atoms with Gasteiger partial charge in [-0.2, -0.15) is 5.10 Å². The summed E-state index contributed by atoms with van der Waals surface area (Å²) < 4.78 is 1.71. The van der Waals surface area contributed by atoms with Gasteiger partial charge in [0.2, 0.25) is 0 Å². The average Bonchev–Trinajstić information content (AvgIpc) is 3.03. The minimum atomic E-state index is -0.549. The molecule has 0 fully saturated rings. The van der Waals surface area contributed by atoms with Crippen LogP contribution in [0.15, 0.2) is 42.5 Å². The Balaban J connectivity index is 0.000000405. The summed E-state index contributed by atoms with van der Waals surface area (Å²) in [6.07, 6.45) is 0.931. The number of para-hydroxylation sites is 1. The fourth-order valence-electron chi connectivity index (χ4n) is 2.50.